The second-order valence-corrected chi connectivity index (χ2v) is 8.59. The van der Waals surface area contributed by atoms with Crippen molar-refractivity contribution >= 4 is 38.0 Å². The van der Waals surface area contributed by atoms with Crippen molar-refractivity contribution in [2.24, 2.45) is 0 Å². The maximum atomic E-state index is 13.6. The van der Waals surface area contributed by atoms with E-state index in [-0.39, 0.29) is 5.75 Å². The molecule has 0 aliphatic carbocycles. The van der Waals surface area contributed by atoms with Gasteiger partial charge < -0.3 is 20.1 Å². The van der Waals surface area contributed by atoms with Crippen LogP contribution in [0.2, 0.25) is 0 Å². The largest absolute Gasteiger partial charge is 0.429 e. The van der Waals surface area contributed by atoms with E-state index in [1.165, 1.54) is 35.2 Å². The predicted octanol–water partition coefficient (Wildman–Crippen LogP) is 2.93. The lowest BCUT2D eigenvalue weighted by Crippen LogP contribution is -2.67. The van der Waals surface area contributed by atoms with E-state index in [1.807, 2.05) is 5.38 Å². The van der Waals surface area contributed by atoms with E-state index in [0.717, 1.165) is 28.8 Å². The Balaban J connectivity index is 1.60. The fraction of sp³-hybridized carbons (Fsp3) is 0.412. The lowest BCUT2D eigenvalue weighted by atomic mass is 9.92. The Kier molecular flexibility index (Phi) is 4.04. The zero-order valence-electron chi connectivity index (χ0n) is 14.1. The lowest BCUT2D eigenvalue weighted by molar-refractivity contribution is -0.200. The average molecular weight is 410 g/mol. The van der Waals surface area contributed by atoms with Gasteiger partial charge in [-0.15, -0.1) is 11.3 Å². The lowest BCUT2D eigenvalue weighted by Gasteiger charge is -2.48. The number of nitrogens with zero attached hydrogens (tertiary/aromatic N) is 3. The van der Waals surface area contributed by atoms with Gasteiger partial charge >= 0.3 is 6.11 Å². The van der Waals surface area contributed by atoms with Gasteiger partial charge in [0.15, 0.2) is 5.13 Å². The summed E-state index contributed by atoms with van der Waals surface area (Å²) in [5.74, 6) is 0.0217. The number of benzene rings is 1. The molecule has 2 bridgehead atoms. The maximum Gasteiger partial charge on any atom is 0.421 e. The van der Waals surface area contributed by atoms with Crippen LogP contribution in [-0.4, -0.2) is 53.0 Å². The fourth-order valence-electron chi connectivity index (χ4n) is 3.58. The summed E-state index contributed by atoms with van der Waals surface area (Å²) in [4.78, 5) is 11.3. The number of piperazine rings is 1. The summed E-state index contributed by atoms with van der Waals surface area (Å²) in [6, 6.07) is 4.12. The predicted molar refractivity (Wildman–Crippen MR) is 101 cm³/mol. The summed E-state index contributed by atoms with van der Waals surface area (Å²) in [5.41, 5.74) is 1.39. The second-order valence-electron chi connectivity index (χ2n) is 6.72. The van der Waals surface area contributed by atoms with Crippen LogP contribution in [0.4, 0.5) is 13.9 Å². The van der Waals surface area contributed by atoms with Crippen LogP contribution in [0.3, 0.4) is 0 Å². The molecule has 3 saturated heterocycles. The number of fused-ring (bicyclic) bond motifs is 3. The van der Waals surface area contributed by atoms with Crippen molar-refractivity contribution in [2.45, 2.75) is 24.6 Å². The van der Waals surface area contributed by atoms with E-state index >= 15 is 0 Å². The van der Waals surface area contributed by atoms with Gasteiger partial charge in [-0.1, -0.05) is 11.3 Å². The number of piperidine rings is 1. The highest BCUT2D eigenvalue weighted by molar-refractivity contribution is 7.22. The molecule has 0 radical (unpaired) electrons. The molecule has 0 spiro atoms. The van der Waals surface area contributed by atoms with Crippen LogP contribution < -0.4 is 15.0 Å². The minimum atomic E-state index is -3.64. The third kappa shape index (κ3) is 3.06. The summed E-state index contributed by atoms with van der Waals surface area (Å²) in [5, 5.41) is 15.8. The highest BCUT2D eigenvalue weighted by Crippen LogP contribution is 2.43. The van der Waals surface area contributed by atoms with Gasteiger partial charge in [0.05, 0.1) is 10.2 Å². The molecule has 2 N–H and O–H groups in total. The third-order valence-electron chi connectivity index (χ3n) is 4.79. The van der Waals surface area contributed by atoms with E-state index < -0.39 is 12.7 Å². The van der Waals surface area contributed by atoms with Crippen LogP contribution in [0.15, 0.2) is 23.7 Å². The molecular formula is C17H16F2N4O2S2. The zero-order valence-corrected chi connectivity index (χ0v) is 15.7. The Bertz CT molecular complexity index is 963. The van der Waals surface area contributed by atoms with E-state index in [2.05, 4.69) is 15.2 Å². The summed E-state index contributed by atoms with van der Waals surface area (Å²) >= 11 is 2.81. The Hall–Kier alpha value is -1.88. The number of rotatable bonds is 5. The van der Waals surface area contributed by atoms with Gasteiger partial charge in [0.1, 0.15) is 17.4 Å². The number of anilines is 1. The molecule has 6 nitrogen and oxygen atoms in total. The van der Waals surface area contributed by atoms with Crippen molar-refractivity contribution < 1.29 is 18.6 Å². The summed E-state index contributed by atoms with van der Waals surface area (Å²) in [6.07, 6.45) is -0.771. The van der Waals surface area contributed by atoms with Crippen LogP contribution in [0, 0.1) is 0 Å². The number of halogens is 2. The molecule has 142 valence electrons. The second kappa shape index (κ2) is 6.33. The molecule has 0 amide bonds. The van der Waals surface area contributed by atoms with Gasteiger partial charge in [0, 0.05) is 42.3 Å². The minimum Gasteiger partial charge on any atom is -0.429 e. The fourth-order valence-corrected chi connectivity index (χ4v) is 5.30. The van der Waals surface area contributed by atoms with Gasteiger partial charge in [-0.2, -0.15) is 8.78 Å². The SMILES string of the molecule is OCC(F)(F)Oc1ccc(-c2nccs2)c2nc(N3CC4CC(C3)N4)sc12. The monoisotopic (exact) mass is 410 g/mol. The van der Waals surface area contributed by atoms with Gasteiger partial charge in [-0.3, -0.25) is 0 Å². The normalized spacial score (nSPS) is 22.1. The molecule has 6 rings (SSSR count). The third-order valence-corrected chi connectivity index (χ3v) is 6.73. The highest BCUT2D eigenvalue weighted by Gasteiger charge is 2.38. The number of aromatic nitrogens is 2. The number of ether oxygens (including phenoxy) is 1. The number of thiazole rings is 2. The molecule has 10 heteroatoms. The topological polar surface area (TPSA) is 70.5 Å². The van der Waals surface area contributed by atoms with Gasteiger partial charge in [0.25, 0.3) is 0 Å². The van der Waals surface area contributed by atoms with Crippen LogP contribution >= 0.6 is 22.7 Å². The van der Waals surface area contributed by atoms with Crippen molar-refractivity contribution in [3.05, 3.63) is 23.7 Å². The number of alkyl halides is 2. The Morgan fingerprint density at radius 3 is 2.78 bits per heavy atom. The molecule has 3 fully saturated rings. The number of hydrogen-bond donors (Lipinski definition) is 2. The Labute approximate surface area is 161 Å². The van der Waals surface area contributed by atoms with Crippen LogP contribution in [0.5, 0.6) is 5.75 Å². The van der Waals surface area contributed by atoms with Crippen molar-refractivity contribution in [1.82, 2.24) is 15.3 Å². The molecule has 1 aromatic carbocycles. The van der Waals surface area contributed by atoms with Crippen LogP contribution in [-0.2, 0) is 0 Å². The molecular weight excluding hydrogens is 394 g/mol. The molecule has 2 aromatic heterocycles. The molecule has 3 aliphatic heterocycles. The van der Waals surface area contributed by atoms with Crippen LogP contribution in [0.1, 0.15) is 6.42 Å². The smallest absolute Gasteiger partial charge is 0.421 e. The van der Waals surface area contributed by atoms with Crippen molar-refractivity contribution in [3.8, 4) is 16.3 Å². The number of aliphatic hydroxyl groups is 1. The Morgan fingerprint density at radius 1 is 1.33 bits per heavy atom. The number of nitrogens with one attached hydrogen (secondary N) is 1. The number of aliphatic hydroxyl groups excluding tert-OH is 1. The molecule has 3 aromatic rings. The molecule has 5 heterocycles. The first-order valence-electron chi connectivity index (χ1n) is 8.54. The van der Waals surface area contributed by atoms with Gasteiger partial charge in [-0.25, -0.2) is 9.97 Å². The Morgan fingerprint density at radius 2 is 2.11 bits per heavy atom. The van der Waals surface area contributed by atoms with Crippen LogP contribution in [0.25, 0.3) is 20.8 Å². The van der Waals surface area contributed by atoms with E-state index in [4.69, 9.17) is 14.8 Å². The maximum absolute atomic E-state index is 13.6. The standard InChI is InChI=1S/C17H16F2N4O2S2/c18-17(19,8-24)25-12-2-1-11(15-20-3-4-26-15)13-14(12)27-16(22-13)23-6-9-5-10(7-23)21-9/h1-4,9-10,21,24H,5-8H2. The number of hydrogen-bond acceptors (Lipinski definition) is 8. The zero-order chi connectivity index (χ0) is 18.6. The van der Waals surface area contributed by atoms with E-state index in [0.29, 0.717) is 22.3 Å². The first-order valence-corrected chi connectivity index (χ1v) is 10.2. The summed E-state index contributed by atoms with van der Waals surface area (Å²) in [6.45, 7) is 0.327. The highest BCUT2D eigenvalue weighted by atomic mass is 32.1. The minimum absolute atomic E-state index is 0.0217. The van der Waals surface area contributed by atoms with Crippen molar-refractivity contribution in [1.29, 1.82) is 0 Å². The van der Waals surface area contributed by atoms with Gasteiger partial charge in [-0.05, 0) is 18.6 Å². The first-order chi connectivity index (χ1) is 13.0. The van der Waals surface area contributed by atoms with Crippen molar-refractivity contribution in [3.63, 3.8) is 0 Å². The molecule has 2 atom stereocenters. The van der Waals surface area contributed by atoms with E-state index in [9.17, 15) is 8.78 Å². The molecule has 3 aliphatic rings. The summed E-state index contributed by atoms with van der Waals surface area (Å²) in [7, 11) is 0. The summed E-state index contributed by atoms with van der Waals surface area (Å²) < 4.78 is 32.6. The molecule has 27 heavy (non-hydrogen) atoms. The molecule has 2 unspecified atom stereocenters. The quantitative estimate of drug-likeness (QED) is 0.674. The first kappa shape index (κ1) is 17.2. The van der Waals surface area contributed by atoms with E-state index in [1.54, 1.807) is 12.3 Å². The average Bonchev–Trinajstić information content (AvgIpc) is 3.31. The van der Waals surface area contributed by atoms with Crippen molar-refractivity contribution in [2.75, 3.05) is 24.6 Å². The van der Waals surface area contributed by atoms with Gasteiger partial charge in [0.2, 0.25) is 0 Å². The molecule has 0 saturated carbocycles.